The number of rotatable bonds is 3. The fourth-order valence-electron chi connectivity index (χ4n) is 0.451. The molecule has 0 amide bonds. The van der Waals surface area contributed by atoms with Gasteiger partial charge in [-0.05, 0) is 13.3 Å². The number of hydrogen-bond acceptors (Lipinski definition) is 2. The summed E-state index contributed by atoms with van der Waals surface area (Å²) in [5, 5.41) is 8.81. The van der Waals surface area contributed by atoms with Gasteiger partial charge in [-0.1, -0.05) is 65.3 Å². The van der Waals surface area contributed by atoms with Crippen LogP contribution in [-0.2, 0) is 0 Å². The molecule has 3 heteroatoms. The van der Waals surface area contributed by atoms with Crippen molar-refractivity contribution in [1.82, 2.24) is 0 Å². The van der Waals surface area contributed by atoms with Crippen LogP contribution in [0.4, 0.5) is 0 Å². The van der Waals surface area contributed by atoms with Crippen LogP contribution in [0.5, 0.6) is 0 Å². The van der Waals surface area contributed by atoms with Crippen molar-refractivity contribution < 1.29 is 4.92 Å². The van der Waals surface area contributed by atoms with Gasteiger partial charge in [0.05, 0.1) is 0 Å². The Morgan fingerprint density at radius 1 is 1.31 bits per heavy atom. The van der Waals surface area contributed by atoms with Gasteiger partial charge in [-0.15, -0.1) is 0 Å². The molecule has 0 N–H and O–H groups in total. The van der Waals surface area contributed by atoms with E-state index in [9.17, 15) is 0 Å². The summed E-state index contributed by atoms with van der Waals surface area (Å²) in [6.07, 6.45) is 6.61. The largest absolute Gasteiger partial charge is 0.265 e. The number of hydrogen-bond donors (Lipinski definition) is 0. The highest BCUT2D eigenvalue weighted by molar-refractivity contribution is 5.10. The highest BCUT2D eigenvalue weighted by Gasteiger charge is 1.72. The van der Waals surface area contributed by atoms with Crippen LogP contribution in [0.3, 0.4) is 0 Å². The van der Waals surface area contributed by atoms with Gasteiger partial charge in [0.25, 0.3) is 0 Å². The molecular formula is C13H29NO2. The minimum absolute atomic E-state index is 0.500. The molecule has 0 aromatic rings. The van der Waals surface area contributed by atoms with Crippen LogP contribution >= 0.6 is 0 Å². The van der Waals surface area contributed by atoms with Gasteiger partial charge in [-0.2, -0.15) is 0 Å². The average molecular weight is 231 g/mol. The Morgan fingerprint density at radius 3 is 1.81 bits per heavy atom. The van der Waals surface area contributed by atoms with Gasteiger partial charge < -0.3 is 0 Å². The fraction of sp³-hybridized carbons (Fsp3) is 0.692. The Labute approximate surface area is 101 Å². The second-order valence-electron chi connectivity index (χ2n) is 2.48. The van der Waals surface area contributed by atoms with Gasteiger partial charge in [0.15, 0.2) is 7.05 Å². The first kappa shape index (κ1) is 24.2. The van der Waals surface area contributed by atoms with E-state index in [1.54, 1.807) is 0 Å². The minimum atomic E-state index is -0.500. The second-order valence-corrected chi connectivity index (χ2v) is 2.48. The Bertz CT molecular complexity index is 159. The third-order valence-electron chi connectivity index (χ3n) is 0.858. The SMILES string of the molecule is C=C(C)C=CCCC.CC.CC.C[N+](=O)[O-]. The third kappa shape index (κ3) is 121. The van der Waals surface area contributed by atoms with Crippen LogP contribution in [0.25, 0.3) is 0 Å². The van der Waals surface area contributed by atoms with Crippen molar-refractivity contribution >= 4 is 0 Å². The lowest BCUT2D eigenvalue weighted by atomic mass is 10.2. The van der Waals surface area contributed by atoms with Crippen molar-refractivity contribution in [3.63, 3.8) is 0 Å². The normalized spacial score (nSPS) is 7.44. The number of nitro groups is 1. The Balaban J connectivity index is -0.0000000761. The molecule has 16 heavy (non-hydrogen) atoms. The molecule has 0 aliphatic heterocycles. The maximum atomic E-state index is 8.81. The van der Waals surface area contributed by atoms with Gasteiger partial charge in [-0.25, -0.2) is 0 Å². The van der Waals surface area contributed by atoms with Crippen LogP contribution in [-0.4, -0.2) is 12.0 Å². The summed E-state index contributed by atoms with van der Waals surface area (Å²) in [7, 11) is 0.889. The second kappa shape index (κ2) is 29.2. The van der Waals surface area contributed by atoms with Crippen molar-refractivity contribution in [3.05, 3.63) is 34.4 Å². The standard InChI is InChI=1S/C8H14.2C2H6.CH3NO2/c1-4-5-6-7-8(2)3;2*1-2;1-2(3)4/h6-7H,2,4-5H2,1,3H3;2*1-2H3;1H3. The Hall–Kier alpha value is -1.12. The Morgan fingerprint density at radius 2 is 1.62 bits per heavy atom. The van der Waals surface area contributed by atoms with Crippen LogP contribution < -0.4 is 0 Å². The van der Waals surface area contributed by atoms with E-state index >= 15 is 0 Å². The average Bonchev–Trinajstić information content (AvgIpc) is 2.23. The lowest BCUT2D eigenvalue weighted by Crippen LogP contribution is -1.79. The molecule has 98 valence electrons. The van der Waals surface area contributed by atoms with E-state index in [0.717, 1.165) is 12.6 Å². The smallest absolute Gasteiger partial charge is 0.194 e. The van der Waals surface area contributed by atoms with E-state index in [4.69, 9.17) is 10.1 Å². The summed E-state index contributed by atoms with van der Waals surface area (Å²) in [5.74, 6) is 0. The molecule has 0 aliphatic rings. The van der Waals surface area contributed by atoms with E-state index in [0.29, 0.717) is 0 Å². The van der Waals surface area contributed by atoms with Gasteiger partial charge in [0.2, 0.25) is 0 Å². The van der Waals surface area contributed by atoms with Crippen molar-refractivity contribution in [3.8, 4) is 0 Å². The molecule has 0 atom stereocenters. The van der Waals surface area contributed by atoms with Gasteiger partial charge in [-0.3, -0.25) is 10.1 Å². The molecule has 0 spiro atoms. The predicted molar refractivity (Wildman–Crippen MR) is 74.5 cm³/mol. The quantitative estimate of drug-likeness (QED) is 0.395. The maximum absolute atomic E-state index is 8.81. The van der Waals surface area contributed by atoms with Crippen molar-refractivity contribution in [2.24, 2.45) is 0 Å². The zero-order valence-electron chi connectivity index (χ0n) is 12.0. The summed E-state index contributed by atoms with van der Waals surface area (Å²) < 4.78 is 0. The summed E-state index contributed by atoms with van der Waals surface area (Å²) >= 11 is 0. The number of nitrogens with zero attached hydrogens (tertiary/aromatic N) is 1. The van der Waals surface area contributed by atoms with Crippen LogP contribution in [0, 0.1) is 10.1 Å². The third-order valence-corrected chi connectivity index (χ3v) is 0.858. The molecule has 0 fully saturated rings. The van der Waals surface area contributed by atoms with E-state index in [2.05, 4.69) is 25.7 Å². The zero-order valence-corrected chi connectivity index (χ0v) is 12.0. The first-order valence-electron chi connectivity index (χ1n) is 5.90. The Kier molecular flexibility index (Phi) is 44.2. The molecular weight excluding hydrogens is 202 g/mol. The van der Waals surface area contributed by atoms with E-state index < -0.39 is 4.92 Å². The summed E-state index contributed by atoms with van der Waals surface area (Å²) in [6, 6.07) is 0. The predicted octanol–water partition coefficient (Wildman–Crippen LogP) is 4.86. The molecule has 0 rings (SSSR count). The highest BCUT2D eigenvalue weighted by atomic mass is 16.6. The molecule has 0 radical (unpaired) electrons. The van der Waals surface area contributed by atoms with Crippen molar-refractivity contribution in [1.29, 1.82) is 0 Å². The summed E-state index contributed by atoms with van der Waals surface area (Å²) in [5.41, 5.74) is 1.14. The monoisotopic (exact) mass is 231 g/mol. The molecule has 0 aromatic carbocycles. The van der Waals surface area contributed by atoms with E-state index in [-0.39, 0.29) is 0 Å². The molecule has 0 saturated carbocycles. The van der Waals surface area contributed by atoms with Crippen molar-refractivity contribution in [2.75, 3.05) is 7.05 Å². The van der Waals surface area contributed by atoms with Crippen LogP contribution in [0.1, 0.15) is 54.4 Å². The topological polar surface area (TPSA) is 43.1 Å². The first-order valence-corrected chi connectivity index (χ1v) is 5.90. The highest BCUT2D eigenvalue weighted by Crippen LogP contribution is 1.93. The molecule has 0 bridgehead atoms. The lowest BCUT2D eigenvalue weighted by molar-refractivity contribution is -0.445. The van der Waals surface area contributed by atoms with Crippen molar-refractivity contribution in [2.45, 2.75) is 54.4 Å². The van der Waals surface area contributed by atoms with Gasteiger partial charge in [0.1, 0.15) is 0 Å². The number of unbranched alkanes of at least 4 members (excludes halogenated alkanes) is 1. The molecule has 0 heterocycles. The van der Waals surface area contributed by atoms with E-state index in [1.807, 2.05) is 34.6 Å². The van der Waals surface area contributed by atoms with Gasteiger partial charge >= 0.3 is 0 Å². The van der Waals surface area contributed by atoms with E-state index in [1.165, 1.54) is 12.8 Å². The minimum Gasteiger partial charge on any atom is -0.265 e. The lowest BCUT2D eigenvalue weighted by Gasteiger charge is -1.83. The first-order chi connectivity index (χ1) is 7.50. The maximum Gasteiger partial charge on any atom is 0.194 e. The summed E-state index contributed by atoms with van der Waals surface area (Å²) in [6.45, 7) is 15.9. The fourth-order valence-corrected chi connectivity index (χ4v) is 0.451. The van der Waals surface area contributed by atoms with Crippen LogP contribution in [0.2, 0.25) is 0 Å². The molecule has 0 aromatic heterocycles. The van der Waals surface area contributed by atoms with Crippen LogP contribution in [0.15, 0.2) is 24.3 Å². The van der Waals surface area contributed by atoms with Gasteiger partial charge in [0, 0.05) is 4.92 Å². The number of allylic oxidation sites excluding steroid dienone is 3. The molecule has 0 unspecified atom stereocenters. The molecule has 0 saturated heterocycles. The zero-order chi connectivity index (χ0) is 14.0. The molecule has 3 nitrogen and oxygen atoms in total. The molecule has 0 aliphatic carbocycles. The summed E-state index contributed by atoms with van der Waals surface area (Å²) in [4.78, 5) is 8.31.